The number of hydrogen-bond acceptors (Lipinski definition) is 7. The Morgan fingerprint density at radius 3 is 2.58 bits per heavy atom. The maximum atomic E-state index is 14.4. The van der Waals surface area contributed by atoms with Crippen molar-refractivity contribution in [3.05, 3.63) is 83.0 Å². The topological polar surface area (TPSA) is 167 Å². The number of pyridine rings is 1. The monoisotopic (exact) mass is 656 g/mol. The molecule has 2 aliphatic rings. The summed E-state index contributed by atoms with van der Waals surface area (Å²) in [6, 6.07) is 13.0. The maximum Gasteiger partial charge on any atom is 0.252 e. The highest BCUT2D eigenvalue weighted by molar-refractivity contribution is 7.89. The van der Waals surface area contributed by atoms with Crippen molar-refractivity contribution in [2.45, 2.75) is 61.0 Å². The molecule has 0 radical (unpaired) electrons. The fourth-order valence-electron chi connectivity index (χ4n) is 5.56. The molecule has 3 aromatic rings. The first-order valence-corrected chi connectivity index (χ1v) is 15.8. The van der Waals surface area contributed by atoms with Gasteiger partial charge in [0.05, 0.1) is 16.5 Å². The van der Waals surface area contributed by atoms with Gasteiger partial charge in [-0.2, -0.15) is 5.26 Å². The number of nitrogens with zero attached hydrogens (tertiary/aromatic N) is 4. The minimum Gasteiger partial charge on any atom is -0.351 e. The second-order valence-electron chi connectivity index (χ2n) is 10.9. The first-order valence-electron chi connectivity index (χ1n) is 13.8. The third-order valence-electron chi connectivity index (χ3n) is 7.69. The SMILES string of the molecule is N#Cc1ccnc(N2C(=O)CC[C@H]2CC(=O)N(c2cccc(S(N)(=O)=O)c2)[C@H](C(=O)NC2CC(F)(F)C2)c2ccccc2Cl)c1. The van der Waals surface area contributed by atoms with Gasteiger partial charge >= 0.3 is 0 Å². The normalized spacial score (nSPS) is 18.5. The second kappa shape index (κ2) is 12.5. The van der Waals surface area contributed by atoms with E-state index in [1.807, 2.05) is 6.07 Å². The number of alkyl halides is 2. The molecule has 1 aromatic heterocycles. The molecule has 2 heterocycles. The second-order valence-corrected chi connectivity index (χ2v) is 12.8. The molecule has 2 fully saturated rings. The molecule has 2 aromatic carbocycles. The lowest BCUT2D eigenvalue weighted by Gasteiger charge is -2.38. The molecule has 0 bridgehead atoms. The van der Waals surface area contributed by atoms with Crippen molar-refractivity contribution < 1.29 is 31.6 Å². The summed E-state index contributed by atoms with van der Waals surface area (Å²) in [4.78, 5) is 47.4. The Morgan fingerprint density at radius 1 is 1.18 bits per heavy atom. The lowest BCUT2D eigenvalue weighted by Crippen LogP contribution is -2.54. The molecule has 0 spiro atoms. The van der Waals surface area contributed by atoms with Crippen LogP contribution in [0.25, 0.3) is 0 Å². The minimum absolute atomic E-state index is 0.0361. The molecule has 1 saturated carbocycles. The standard InChI is InChI=1S/C30H27ClF2N6O5S/c31-24-7-2-1-6-23(24)28(29(42)37-19-15-30(32,33)16-19)39(20-4-3-5-22(13-20)45(35,43)44)27(41)14-21-8-9-26(40)38(21)25-12-18(17-34)10-11-36-25/h1-7,10-13,19,21,28H,8-9,14-16H2,(H,37,42)(H2,35,43,44)/t21-,28-/m0/s1. The minimum atomic E-state index is -4.25. The van der Waals surface area contributed by atoms with Gasteiger partial charge in [-0.05, 0) is 42.8 Å². The lowest BCUT2D eigenvalue weighted by atomic mass is 9.87. The van der Waals surface area contributed by atoms with Crippen LogP contribution in [0.2, 0.25) is 5.02 Å². The molecule has 15 heteroatoms. The number of nitriles is 1. The lowest BCUT2D eigenvalue weighted by molar-refractivity contribution is -0.133. The van der Waals surface area contributed by atoms with Crippen LogP contribution in [0.1, 0.15) is 49.3 Å². The number of carbonyl (C=O) groups excluding carboxylic acids is 3. The first kappa shape index (κ1) is 32.0. The van der Waals surface area contributed by atoms with Crippen LogP contribution in [0.15, 0.2) is 71.8 Å². The largest absolute Gasteiger partial charge is 0.351 e. The van der Waals surface area contributed by atoms with Gasteiger partial charge in [0.25, 0.3) is 5.92 Å². The quantitative estimate of drug-likeness (QED) is 0.353. The van der Waals surface area contributed by atoms with Gasteiger partial charge in [0.2, 0.25) is 27.7 Å². The van der Waals surface area contributed by atoms with Crippen LogP contribution in [0.5, 0.6) is 0 Å². The summed E-state index contributed by atoms with van der Waals surface area (Å²) >= 11 is 6.51. The number of halogens is 3. The summed E-state index contributed by atoms with van der Waals surface area (Å²) in [6.07, 6.45) is 0.175. The van der Waals surface area contributed by atoms with Crippen molar-refractivity contribution >= 4 is 50.9 Å². The fraction of sp³-hybridized carbons (Fsp3) is 0.300. The third-order valence-corrected chi connectivity index (χ3v) is 8.95. The van der Waals surface area contributed by atoms with Gasteiger partial charge in [-0.1, -0.05) is 35.9 Å². The smallest absolute Gasteiger partial charge is 0.252 e. The third kappa shape index (κ3) is 6.95. The number of nitrogens with one attached hydrogen (secondary N) is 1. The summed E-state index contributed by atoms with van der Waals surface area (Å²) in [5.74, 6) is -4.62. The Kier molecular flexibility index (Phi) is 8.88. The van der Waals surface area contributed by atoms with Crippen molar-refractivity contribution in [3.8, 4) is 6.07 Å². The van der Waals surface area contributed by atoms with E-state index in [9.17, 15) is 36.8 Å². The molecule has 11 nitrogen and oxygen atoms in total. The number of anilines is 2. The molecular weight excluding hydrogens is 630 g/mol. The molecule has 1 aliphatic carbocycles. The van der Waals surface area contributed by atoms with Crippen LogP contribution in [0.4, 0.5) is 20.3 Å². The Labute approximate surface area is 262 Å². The molecule has 1 aliphatic heterocycles. The molecule has 3 amide bonds. The number of aromatic nitrogens is 1. The van der Waals surface area contributed by atoms with Crippen LogP contribution in [0, 0.1) is 11.3 Å². The van der Waals surface area contributed by atoms with Crippen LogP contribution in [-0.4, -0.2) is 49.1 Å². The van der Waals surface area contributed by atoms with Gasteiger partial charge in [0.15, 0.2) is 0 Å². The number of rotatable bonds is 9. The van der Waals surface area contributed by atoms with Gasteiger partial charge in [-0.25, -0.2) is 27.3 Å². The van der Waals surface area contributed by atoms with E-state index < -0.39 is 58.7 Å². The van der Waals surface area contributed by atoms with E-state index >= 15 is 0 Å². The van der Waals surface area contributed by atoms with Crippen molar-refractivity contribution in [1.29, 1.82) is 5.26 Å². The number of amides is 3. The number of benzene rings is 2. The number of sulfonamides is 1. The predicted molar refractivity (Wildman–Crippen MR) is 160 cm³/mol. The molecule has 0 unspecified atom stereocenters. The molecule has 2 atom stereocenters. The maximum absolute atomic E-state index is 14.4. The van der Waals surface area contributed by atoms with E-state index in [1.54, 1.807) is 12.1 Å². The molecule has 45 heavy (non-hydrogen) atoms. The van der Waals surface area contributed by atoms with Crippen molar-refractivity contribution in [1.82, 2.24) is 10.3 Å². The number of hydrogen-bond donors (Lipinski definition) is 2. The Hall–Kier alpha value is -4.45. The van der Waals surface area contributed by atoms with Gasteiger partial charge < -0.3 is 5.32 Å². The van der Waals surface area contributed by atoms with Gasteiger partial charge in [0, 0.05) is 60.2 Å². The van der Waals surface area contributed by atoms with E-state index in [-0.39, 0.29) is 57.7 Å². The van der Waals surface area contributed by atoms with E-state index in [2.05, 4.69) is 10.3 Å². The Morgan fingerprint density at radius 2 is 1.91 bits per heavy atom. The molecule has 5 rings (SSSR count). The van der Waals surface area contributed by atoms with Crippen LogP contribution in [0.3, 0.4) is 0 Å². The average Bonchev–Trinajstić information content (AvgIpc) is 3.34. The number of primary sulfonamides is 1. The summed E-state index contributed by atoms with van der Waals surface area (Å²) in [7, 11) is -4.25. The Bertz CT molecular complexity index is 1810. The summed E-state index contributed by atoms with van der Waals surface area (Å²) in [6.45, 7) is 0. The van der Waals surface area contributed by atoms with Crippen molar-refractivity contribution in [2.75, 3.05) is 9.80 Å². The zero-order valence-corrected chi connectivity index (χ0v) is 25.1. The zero-order chi connectivity index (χ0) is 32.5. The highest BCUT2D eigenvalue weighted by atomic mass is 35.5. The van der Waals surface area contributed by atoms with Crippen molar-refractivity contribution in [3.63, 3.8) is 0 Å². The molecular formula is C30H27ClF2N6O5S. The van der Waals surface area contributed by atoms with Crippen LogP contribution >= 0.6 is 11.6 Å². The molecule has 234 valence electrons. The van der Waals surface area contributed by atoms with E-state index in [1.165, 1.54) is 53.6 Å². The summed E-state index contributed by atoms with van der Waals surface area (Å²) in [5.41, 5.74) is 0.370. The highest BCUT2D eigenvalue weighted by Crippen LogP contribution is 2.39. The van der Waals surface area contributed by atoms with Gasteiger partial charge in [-0.15, -0.1) is 0 Å². The highest BCUT2D eigenvalue weighted by Gasteiger charge is 2.47. The molecule has 1 saturated heterocycles. The van der Waals surface area contributed by atoms with E-state index in [4.69, 9.17) is 16.7 Å². The molecule has 3 N–H and O–H groups in total. The number of nitrogens with two attached hydrogens (primary N) is 1. The van der Waals surface area contributed by atoms with Gasteiger partial charge in [0.1, 0.15) is 11.9 Å². The predicted octanol–water partition coefficient (Wildman–Crippen LogP) is 3.83. The van der Waals surface area contributed by atoms with Crippen LogP contribution in [-0.2, 0) is 24.4 Å². The van der Waals surface area contributed by atoms with Crippen LogP contribution < -0.4 is 20.3 Å². The first-order chi connectivity index (χ1) is 21.3. The van der Waals surface area contributed by atoms with Gasteiger partial charge in [-0.3, -0.25) is 24.2 Å². The van der Waals surface area contributed by atoms with Crippen molar-refractivity contribution in [2.24, 2.45) is 5.14 Å². The fourth-order valence-corrected chi connectivity index (χ4v) is 6.35. The average molecular weight is 657 g/mol. The van der Waals surface area contributed by atoms with E-state index in [0.29, 0.717) is 0 Å². The Balaban J connectivity index is 1.58. The van der Waals surface area contributed by atoms with E-state index in [0.717, 1.165) is 11.0 Å². The summed E-state index contributed by atoms with van der Waals surface area (Å²) in [5, 5.41) is 17.4. The number of carbonyl (C=O) groups is 3. The zero-order valence-electron chi connectivity index (χ0n) is 23.6. The summed E-state index contributed by atoms with van der Waals surface area (Å²) < 4.78 is 51.8.